The molecule has 1 unspecified atom stereocenters. The molecule has 2 amide bonds. The summed E-state index contributed by atoms with van der Waals surface area (Å²) in [5.74, 6) is 1.09. The Morgan fingerprint density at radius 1 is 1.31 bits per heavy atom. The van der Waals surface area contributed by atoms with E-state index in [-0.39, 0.29) is 30.4 Å². The standard InChI is InChI=1S/C18H21N5O3/c1-11-7-13-8-14(5-6-15(13)26-11)19-17(24)10-23-9-16(21-22-23)20-18(25)12-3-2-4-12/h5-6,8-9,11-12H,2-4,7,10H2,1H3,(H,19,24)(H,20,25). The summed E-state index contributed by atoms with van der Waals surface area (Å²) in [6.07, 6.45) is 5.51. The SMILES string of the molecule is CC1Cc2cc(NC(=O)Cn3cc(NC(=O)C4CCC4)nn3)ccc2O1. The van der Waals surface area contributed by atoms with E-state index in [2.05, 4.69) is 20.9 Å². The molecule has 2 aromatic rings. The Bertz CT molecular complexity index is 843. The van der Waals surface area contributed by atoms with Crippen molar-refractivity contribution in [2.75, 3.05) is 10.6 Å². The van der Waals surface area contributed by atoms with Crippen LogP contribution in [-0.2, 0) is 22.6 Å². The third-order valence-corrected chi connectivity index (χ3v) is 4.75. The monoisotopic (exact) mass is 355 g/mol. The first-order chi connectivity index (χ1) is 12.6. The van der Waals surface area contributed by atoms with Gasteiger partial charge in [0.2, 0.25) is 11.8 Å². The highest BCUT2D eigenvalue weighted by molar-refractivity contribution is 5.92. The van der Waals surface area contributed by atoms with E-state index in [0.29, 0.717) is 5.82 Å². The fourth-order valence-corrected chi connectivity index (χ4v) is 3.18. The summed E-state index contributed by atoms with van der Waals surface area (Å²) >= 11 is 0. The van der Waals surface area contributed by atoms with Crippen molar-refractivity contribution in [3.05, 3.63) is 30.0 Å². The van der Waals surface area contributed by atoms with Gasteiger partial charge in [0.15, 0.2) is 5.82 Å². The number of aromatic nitrogens is 3. The lowest BCUT2D eigenvalue weighted by Crippen LogP contribution is -2.28. The van der Waals surface area contributed by atoms with Crippen molar-refractivity contribution >= 4 is 23.3 Å². The molecule has 26 heavy (non-hydrogen) atoms. The van der Waals surface area contributed by atoms with Crippen molar-refractivity contribution in [1.29, 1.82) is 0 Å². The van der Waals surface area contributed by atoms with E-state index in [9.17, 15) is 9.59 Å². The number of anilines is 2. The van der Waals surface area contributed by atoms with Gasteiger partial charge in [0.1, 0.15) is 18.4 Å². The lowest BCUT2D eigenvalue weighted by atomic mass is 9.85. The Hall–Kier alpha value is -2.90. The molecule has 2 aliphatic rings. The second-order valence-corrected chi connectivity index (χ2v) is 6.92. The number of nitrogens with one attached hydrogen (secondary N) is 2. The molecule has 0 saturated heterocycles. The summed E-state index contributed by atoms with van der Waals surface area (Å²) in [6, 6.07) is 5.63. The average molecular weight is 355 g/mol. The molecule has 2 N–H and O–H groups in total. The minimum Gasteiger partial charge on any atom is -0.490 e. The lowest BCUT2D eigenvalue weighted by Gasteiger charge is -2.23. The molecular formula is C18H21N5O3. The summed E-state index contributed by atoms with van der Waals surface area (Å²) in [5.41, 5.74) is 1.82. The Kier molecular flexibility index (Phi) is 4.32. The maximum atomic E-state index is 12.2. The molecule has 1 atom stereocenters. The average Bonchev–Trinajstić information content (AvgIpc) is 3.10. The van der Waals surface area contributed by atoms with Crippen molar-refractivity contribution in [3.8, 4) is 5.75 Å². The minimum absolute atomic E-state index is 0.0241. The largest absolute Gasteiger partial charge is 0.490 e. The van der Waals surface area contributed by atoms with Gasteiger partial charge in [-0.3, -0.25) is 9.59 Å². The minimum atomic E-state index is -0.210. The second kappa shape index (κ2) is 6.78. The molecule has 1 aliphatic carbocycles. The number of nitrogens with zero attached hydrogens (tertiary/aromatic N) is 3. The zero-order chi connectivity index (χ0) is 18.1. The van der Waals surface area contributed by atoms with Gasteiger partial charge in [-0.1, -0.05) is 11.6 Å². The van der Waals surface area contributed by atoms with E-state index >= 15 is 0 Å². The maximum absolute atomic E-state index is 12.2. The fraction of sp³-hybridized carbons (Fsp3) is 0.444. The Labute approximate surface area is 150 Å². The van der Waals surface area contributed by atoms with Crippen LogP contribution in [0, 0.1) is 5.92 Å². The predicted octanol–water partition coefficient (Wildman–Crippen LogP) is 1.98. The Balaban J connectivity index is 1.32. The Morgan fingerprint density at radius 3 is 2.92 bits per heavy atom. The summed E-state index contributed by atoms with van der Waals surface area (Å²) in [4.78, 5) is 24.1. The molecule has 1 fully saturated rings. The summed E-state index contributed by atoms with van der Waals surface area (Å²) in [7, 11) is 0. The van der Waals surface area contributed by atoms with E-state index in [4.69, 9.17) is 4.74 Å². The van der Waals surface area contributed by atoms with E-state index in [1.165, 1.54) is 4.68 Å². The first kappa shape index (κ1) is 16.6. The van der Waals surface area contributed by atoms with Crippen LogP contribution >= 0.6 is 0 Å². The maximum Gasteiger partial charge on any atom is 0.246 e. The lowest BCUT2D eigenvalue weighted by molar-refractivity contribution is -0.122. The number of amides is 2. The summed E-state index contributed by atoms with van der Waals surface area (Å²) < 4.78 is 7.06. The summed E-state index contributed by atoms with van der Waals surface area (Å²) in [5, 5.41) is 13.4. The Morgan fingerprint density at radius 2 is 2.15 bits per heavy atom. The number of benzene rings is 1. The first-order valence-electron chi connectivity index (χ1n) is 8.87. The third-order valence-electron chi connectivity index (χ3n) is 4.75. The number of hydrogen-bond acceptors (Lipinski definition) is 5. The van der Waals surface area contributed by atoms with Crippen LogP contribution in [0.3, 0.4) is 0 Å². The highest BCUT2D eigenvalue weighted by Gasteiger charge is 2.25. The van der Waals surface area contributed by atoms with Crippen LogP contribution in [0.1, 0.15) is 31.7 Å². The molecule has 1 saturated carbocycles. The van der Waals surface area contributed by atoms with Crippen molar-refractivity contribution < 1.29 is 14.3 Å². The highest BCUT2D eigenvalue weighted by atomic mass is 16.5. The van der Waals surface area contributed by atoms with Crippen LogP contribution in [0.2, 0.25) is 0 Å². The topological polar surface area (TPSA) is 98.1 Å². The second-order valence-electron chi connectivity index (χ2n) is 6.92. The molecule has 8 heteroatoms. The normalized spacial score (nSPS) is 18.6. The van der Waals surface area contributed by atoms with Gasteiger partial charge in [-0.25, -0.2) is 4.68 Å². The van der Waals surface area contributed by atoms with Gasteiger partial charge in [-0.2, -0.15) is 0 Å². The van der Waals surface area contributed by atoms with E-state index < -0.39 is 0 Å². The fourth-order valence-electron chi connectivity index (χ4n) is 3.18. The van der Waals surface area contributed by atoms with Gasteiger partial charge in [0.05, 0.1) is 6.20 Å². The van der Waals surface area contributed by atoms with Gasteiger partial charge in [0.25, 0.3) is 0 Å². The van der Waals surface area contributed by atoms with Gasteiger partial charge >= 0.3 is 0 Å². The molecule has 1 aromatic heterocycles. The van der Waals surface area contributed by atoms with Gasteiger partial charge in [-0.05, 0) is 43.5 Å². The predicted molar refractivity (Wildman–Crippen MR) is 94.9 cm³/mol. The number of rotatable bonds is 5. The molecule has 2 heterocycles. The van der Waals surface area contributed by atoms with Crippen LogP contribution in [0.5, 0.6) is 5.75 Å². The van der Waals surface area contributed by atoms with Gasteiger partial charge < -0.3 is 15.4 Å². The molecule has 136 valence electrons. The molecule has 8 nitrogen and oxygen atoms in total. The van der Waals surface area contributed by atoms with E-state index in [0.717, 1.165) is 42.7 Å². The van der Waals surface area contributed by atoms with Crippen LogP contribution in [0.4, 0.5) is 11.5 Å². The molecule has 0 bridgehead atoms. The van der Waals surface area contributed by atoms with Gasteiger partial charge in [-0.15, -0.1) is 5.10 Å². The van der Waals surface area contributed by atoms with Crippen molar-refractivity contribution in [1.82, 2.24) is 15.0 Å². The molecular weight excluding hydrogens is 334 g/mol. The van der Waals surface area contributed by atoms with Crippen LogP contribution in [0.25, 0.3) is 0 Å². The highest BCUT2D eigenvalue weighted by Crippen LogP contribution is 2.31. The number of carbonyl (C=O) groups is 2. The number of fused-ring (bicyclic) bond motifs is 1. The van der Waals surface area contributed by atoms with E-state index in [1.807, 2.05) is 25.1 Å². The molecule has 0 radical (unpaired) electrons. The number of hydrogen-bond donors (Lipinski definition) is 2. The zero-order valence-corrected chi connectivity index (χ0v) is 14.6. The van der Waals surface area contributed by atoms with Gasteiger partial charge in [0, 0.05) is 18.0 Å². The van der Waals surface area contributed by atoms with Crippen LogP contribution in [-0.4, -0.2) is 32.9 Å². The molecule has 1 aromatic carbocycles. The van der Waals surface area contributed by atoms with Crippen molar-refractivity contribution in [3.63, 3.8) is 0 Å². The number of carbonyl (C=O) groups excluding carboxylic acids is 2. The van der Waals surface area contributed by atoms with Crippen molar-refractivity contribution in [2.24, 2.45) is 5.92 Å². The first-order valence-corrected chi connectivity index (χ1v) is 8.87. The van der Waals surface area contributed by atoms with Crippen LogP contribution in [0.15, 0.2) is 24.4 Å². The smallest absolute Gasteiger partial charge is 0.246 e. The molecule has 1 aliphatic heterocycles. The third kappa shape index (κ3) is 3.54. The van der Waals surface area contributed by atoms with Crippen LogP contribution < -0.4 is 15.4 Å². The quantitative estimate of drug-likeness (QED) is 0.854. The zero-order valence-electron chi connectivity index (χ0n) is 14.6. The van der Waals surface area contributed by atoms with E-state index in [1.54, 1.807) is 6.20 Å². The number of ether oxygens (including phenoxy) is 1. The molecule has 0 spiro atoms. The summed E-state index contributed by atoms with van der Waals surface area (Å²) in [6.45, 7) is 2.04. The molecule has 4 rings (SSSR count). The van der Waals surface area contributed by atoms with Crippen molar-refractivity contribution in [2.45, 2.75) is 45.3 Å².